The monoisotopic (exact) mass is 301 g/mol. The third-order valence-corrected chi connectivity index (χ3v) is 2.81. The number of hydrogen-bond acceptors (Lipinski definition) is 3. The van der Waals surface area contributed by atoms with E-state index in [2.05, 4.69) is 22.4 Å². The molecule has 0 aliphatic heterocycles. The molecule has 5 nitrogen and oxygen atoms in total. The zero-order valence-corrected chi connectivity index (χ0v) is 11.8. The van der Waals surface area contributed by atoms with Gasteiger partial charge in [-0.3, -0.25) is 9.36 Å². The fraction of sp³-hybridized carbons (Fsp3) is 0.538. The summed E-state index contributed by atoms with van der Waals surface area (Å²) >= 11 is 0. The van der Waals surface area contributed by atoms with Gasteiger partial charge >= 0.3 is 6.18 Å². The van der Waals surface area contributed by atoms with Crippen molar-refractivity contribution in [3.63, 3.8) is 0 Å². The Morgan fingerprint density at radius 2 is 2.05 bits per heavy atom. The van der Waals surface area contributed by atoms with E-state index in [-0.39, 0.29) is 0 Å². The van der Waals surface area contributed by atoms with Crippen molar-refractivity contribution < 1.29 is 13.2 Å². The average molecular weight is 301 g/mol. The van der Waals surface area contributed by atoms with Crippen LogP contribution in [0.4, 0.5) is 13.2 Å². The fourth-order valence-corrected chi connectivity index (χ4v) is 1.95. The lowest BCUT2D eigenvalue weighted by Crippen LogP contribution is -2.19. The van der Waals surface area contributed by atoms with Gasteiger partial charge in [0.1, 0.15) is 6.54 Å². The number of nitrogens with zero attached hydrogens (tertiary/aromatic N) is 4. The van der Waals surface area contributed by atoms with Crippen LogP contribution in [0, 0.1) is 0 Å². The molecule has 0 amide bonds. The van der Waals surface area contributed by atoms with Gasteiger partial charge in [-0.2, -0.15) is 23.4 Å². The minimum absolute atomic E-state index is 0.420. The van der Waals surface area contributed by atoms with Crippen LogP contribution in [-0.2, 0) is 26.2 Å². The van der Waals surface area contributed by atoms with E-state index in [0.717, 1.165) is 23.2 Å². The molecule has 2 aromatic rings. The molecule has 0 atom stereocenters. The van der Waals surface area contributed by atoms with Gasteiger partial charge < -0.3 is 5.32 Å². The van der Waals surface area contributed by atoms with Crippen LogP contribution < -0.4 is 5.32 Å². The van der Waals surface area contributed by atoms with Crippen LogP contribution in [0.5, 0.6) is 0 Å². The highest BCUT2D eigenvalue weighted by Gasteiger charge is 2.28. The molecule has 0 aromatic carbocycles. The molecule has 0 aliphatic rings. The van der Waals surface area contributed by atoms with Crippen LogP contribution in [0.2, 0.25) is 0 Å². The first-order valence-corrected chi connectivity index (χ1v) is 6.77. The molecule has 0 radical (unpaired) electrons. The van der Waals surface area contributed by atoms with E-state index in [0.29, 0.717) is 18.8 Å². The van der Waals surface area contributed by atoms with Gasteiger partial charge in [0.05, 0.1) is 11.9 Å². The molecular weight excluding hydrogens is 283 g/mol. The van der Waals surface area contributed by atoms with Gasteiger partial charge in [0.2, 0.25) is 0 Å². The minimum atomic E-state index is -4.25. The predicted octanol–water partition coefficient (Wildman–Crippen LogP) is 2.34. The molecule has 2 aromatic heterocycles. The molecule has 2 heterocycles. The summed E-state index contributed by atoms with van der Waals surface area (Å²) in [5.74, 6) is 0. The Labute approximate surface area is 120 Å². The van der Waals surface area contributed by atoms with E-state index < -0.39 is 12.7 Å². The molecular formula is C13H18F3N5. The van der Waals surface area contributed by atoms with Crippen molar-refractivity contribution in [3.8, 4) is 0 Å². The van der Waals surface area contributed by atoms with Crippen LogP contribution >= 0.6 is 0 Å². The molecule has 2 rings (SSSR count). The number of aryl methyl sites for hydroxylation is 1. The van der Waals surface area contributed by atoms with E-state index in [1.807, 2.05) is 10.9 Å². The number of rotatable bonds is 7. The maximum atomic E-state index is 12.2. The summed E-state index contributed by atoms with van der Waals surface area (Å²) in [5, 5.41) is 11.2. The van der Waals surface area contributed by atoms with Crippen molar-refractivity contribution in [2.45, 2.75) is 45.7 Å². The summed E-state index contributed by atoms with van der Waals surface area (Å²) < 4.78 is 39.4. The molecule has 116 valence electrons. The lowest BCUT2D eigenvalue weighted by Gasteiger charge is -2.05. The van der Waals surface area contributed by atoms with Gasteiger partial charge in [-0.1, -0.05) is 6.92 Å². The Bertz CT molecular complexity index is 558. The number of halogens is 3. The maximum absolute atomic E-state index is 12.2. The molecule has 8 heteroatoms. The topological polar surface area (TPSA) is 47.7 Å². The second-order valence-electron chi connectivity index (χ2n) is 4.84. The Morgan fingerprint density at radius 3 is 2.76 bits per heavy atom. The number of nitrogens with one attached hydrogen (secondary N) is 1. The molecule has 0 fully saturated rings. The average Bonchev–Trinajstić information content (AvgIpc) is 2.98. The largest absolute Gasteiger partial charge is 0.408 e. The van der Waals surface area contributed by atoms with E-state index in [4.69, 9.17) is 0 Å². The molecule has 0 spiro atoms. The fourth-order valence-electron chi connectivity index (χ4n) is 1.95. The van der Waals surface area contributed by atoms with Crippen LogP contribution in [0.25, 0.3) is 0 Å². The van der Waals surface area contributed by atoms with Crippen molar-refractivity contribution in [2.75, 3.05) is 0 Å². The Balaban J connectivity index is 1.78. The molecule has 0 unspecified atom stereocenters. The summed E-state index contributed by atoms with van der Waals surface area (Å²) in [6.07, 6.45) is 1.85. The van der Waals surface area contributed by atoms with Gasteiger partial charge in [0.25, 0.3) is 0 Å². The molecule has 1 N–H and O–H groups in total. The normalized spacial score (nSPS) is 12.0. The molecule has 21 heavy (non-hydrogen) atoms. The third kappa shape index (κ3) is 5.22. The van der Waals surface area contributed by atoms with E-state index in [1.54, 1.807) is 12.3 Å². The predicted molar refractivity (Wildman–Crippen MR) is 71.3 cm³/mol. The molecule has 0 saturated heterocycles. The molecule has 0 saturated carbocycles. The molecule has 0 aliphatic carbocycles. The van der Waals surface area contributed by atoms with Gasteiger partial charge in [-0.15, -0.1) is 0 Å². The Morgan fingerprint density at radius 1 is 1.24 bits per heavy atom. The first kappa shape index (κ1) is 15.6. The van der Waals surface area contributed by atoms with E-state index in [1.165, 1.54) is 6.20 Å². The van der Waals surface area contributed by atoms with Gasteiger partial charge in [0, 0.05) is 37.6 Å². The second-order valence-corrected chi connectivity index (χ2v) is 4.84. The smallest absolute Gasteiger partial charge is 0.307 e. The highest BCUT2D eigenvalue weighted by Crippen LogP contribution is 2.16. The highest BCUT2D eigenvalue weighted by atomic mass is 19.4. The molecule has 0 bridgehead atoms. The number of hydrogen-bond donors (Lipinski definition) is 1. The van der Waals surface area contributed by atoms with Gasteiger partial charge in [-0.05, 0) is 12.5 Å². The first-order valence-electron chi connectivity index (χ1n) is 6.77. The summed E-state index contributed by atoms with van der Waals surface area (Å²) in [5.41, 5.74) is 1.62. The Hall–Kier alpha value is -1.83. The summed E-state index contributed by atoms with van der Waals surface area (Å²) in [4.78, 5) is 0. The van der Waals surface area contributed by atoms with Gasteiger partial charge in [-0.25, -0.2) is 0 Å². The second kappa shape index (κ2) is 6.75. The maximum Gasteiger partial charge on any atom is 0.408 e. The van der Waals surface area contributed by atoms with Crippen molar-refractivity contribution in [1.29, 1.82) is 0 Å². The third-order valence-electron chi connectivity index (χ3n) is 2.81. The highest BCUT2D eigenvalue weighted by molar-refractivity contribution is 5.04. The van der Waals surface area contributed by atoms with E-state index >= 15 is 0 Å². The lowest BCUT2D eigenvalue weighted by molar-refractivity contribution is -0.142. The quantitative estimate of drug-likeness (QED) is 0.854. The van der Waals surface area contributed by atoms with Crippen molar-refractivity contribution in [1.82, 2.24) is 24.9 Å². The minimum Gasteiger partial charge on any atom is -0.307 e. The number of alkyl halides is 3. The van der Waals surface area contributed by atoms with Crippen molar-refractivity contribution in [3.05, 3.63) is 35.9 Å². The van der Waals surface area contributed by atoms with Crippen LogP contribution in [0.1, 0.15) is 24.6 Å². The van der Waals surface area contributed by atoms with Crippen LogP contribution in [0.15, 0.2) is 24.7 Å². The standard InChI is InChI=1S/C13H18F3N5/c1-2-4-20-9-11(7-18-20)6-17-8-12-3-5-21(19-12)10-13(14,15)16/h3,5,7,9,17H,2,4,6,8,10H2,1H3. The summed E-state index contributed by atoms with van der Waals surface area (Å²) in [6, 6.07) is 1.58. The zero-order valence-electron chi connectivity index (χ0n) is 11.8. The first-order chi connectivity index (χ1) is 9.96. The van der Waals surface area contributed by atoms with Crippen molar-refractivity contribution >= 4 is 0 Å². The van der Waals surface area contributed by atoms with Crippen molar-refractivity contribution in [2.24, 2.45) is 0 Å². The van der Waals surface area contributed by atoms with Crippen LogP contribution in [-0.4, -0.2) is 25.7 Å². The lowest BCUT2D eigenvalue weighted by atomic mass is 10.3. The summed E-state index contributed by atoms with van der Waals surface area (Å²) in [7, 11) is 0. The zero-order chi connectivity index (χ0) is 15.3. The SMILES string of the molecule is CCCn1cc(CNCc2ccn(CC(F)(F)F)n2)cn1. The van der Waals surface area contributed by atoms with E-state index in [9.17, 15) is 13.2 Å². The van der Waals surface area contributed by atoms with Crippen LogP contribution in [0.3, 0.4) is 0 Å². The number of aromatic nitrogens is 4. The van der Waals surface area contributed by atoms with Gasteiger partial charge in [0.15, 0.2) is 0 Å². The summed E-state index contributed by atoms with van der Waals surface area (Å²) in [6.45, 7) is 2.93. The Kier molecular flexibility index (Phi) is 5.00.